The third-order valence-electron chi connectivity index (χ3n) is 4.52. The van der Waals surface area contributed by atoms with E-state index in [0.717, 1.165) is 47.8 Å². The average Bonchev–Trinajstić information content (AvgIpc) is 2.96. The fraction of sp³-hybridized carbons (Fsp3) is 0.412. The van der Waals surface area contributed by atoms with Gasteiger partial charge in [-0.15, -0.1) is 0 Å². The second-order valence-electron chi connectivity index (χ2n) is 5.88. The van der Waals surface area contributed by atoms with E-state index in [-0.39, 0.29) is 11.2 Å². The van der Waals surface area contributed by atoms with E-state index in [1.54, 1.807) is 0 Å². The van der Waals surface area contributed by atoms with Gasteiger partial charge in [0.2, 0.25) is 0 Å². The van der Waals surface area contributed by atoms with Crippen LogP contribution in [0.5, 0.6) is 0 Å². The number of nitrogens with two attached hydrogens (primary N) is 1. The predicted octanol–water partition coefficient (Wildman–Crippen LogP) is 3.25. The third-order valence-corrected chi connectivity index (χ3v) is 4.52. The molecular weight excluding hydrogens is 248 g/mol. The van der Waals surface area contributed by atoms with Crippen molar-refractivity contribution in [1.82, 2.24) is 4.98 Å². The maximum atomic E-state index is 12.8. The monoisotopic (exact) mass is 268 g/mol. The first-order valence-corrected chi connectivity index (χ1v) is 7.27. The Labute approximate surface area is 119 Å². The van der Waals surface area contributed by atoms with Gasteiger partial charge in [0.25, 0.3) is 0 Å². The van der Waals surface area contributed by atoms with Gasteiger partial charge in [-0.2, -0.15) is 0 Å². The third kappa shape index (κ3) is 2.12. The lowest BCUT2D eigenvalue weighted by molar-refractivity contribution is 0.0810. The molecule has 1 saturated carbocycles. The zero-order valence-corrected chi connectivity index (χ0v) is 11.9. The minimum Gasteiger partial charge on any atom is -0.329 e. The summed E-state index contributed by atoms with van der Waals surface area (Å²) in [6.07, 6.45) is 4.06. The summed E-state index contributed by atoms with van der Waals surface area (Å²) in [7, 11) is 0. The van der Waals surface area contributed by atoms with E-state index in [0.29, 0.717) is 6.54 Å². The molecule has 0 saturated heterocycles. The van der Waals surface area contributed by atoms with Gasteiger partial charge in [-0.25, -0.2) is 0 Å². The zero-order chi connectivity index (χ0) is 14.2. The van der Waals surface area contributed by atoms with Crippen molar-refractivity contribution in [3.05, 3.63) is 41.6 Å². The van der Waals surface area contributed by atoms with Crippen LogP contribution in [0, 0.1) is 12.3 Å². The summed E-state index contributed by atoms with van der Waals surface area (Å²) in [4.78, 5) is 17.3. The topological polar surface area (TPSA) is 56.0 Å². The Kier molecular flexibility index (Phi) is 3.30. The minimum atomic E-state index is -0.328. The number of nitrogens with zero attached hydrogens (tertiary/aromatic N) is 1. The Hall–Kier alpha value is -1.74. The number of Topliss-reactive ketones (excluding diaryl/α,β-unsaturated/α-hetero) is 1. The molecule has 0 radical (unpaired) electrons. The highest BCUT2D eigenvalue weighted by Gasteiger charge is 2.40. The summed E-state index contributed by atoms with van der Waals surface area (Å²) in [5.41, 5.74) is 8.28. The number of carbonyl (C=O) groups excluding carboxylic acids is 1. The van der Waals surface area contributed by atoms with E-state index in [1.807, 2.05) is 37.3 Å². The van der Waals surface area contributed by atoms with Crippen molar-refractivity contribution >= 4 is 16.7 Å². The molecule has 1 fully saturated rings. The second-order valence-corrected chi connectivity index (χ2v) is 5.88. The summed E-state index contributed by atoms with van der Waals surface area (Å²) < 4.78 is 0. The van der Waals surface area contributed by atoms with Crippen LogP contribution in [0.3, 0.4) is 0 Å². The number of hydrogen-bond acceptors (Lipinski definition) is 3. The molecule has 0 atom stereocenters. The Morgan fingerprint density at radius 2 is 2.00 bits per heavy atom. The van der Waals surface area contributed by atoms with Gasteiger partial charge in [0.1, 0.15) is 0 Å². The van der Waals surface area contributed by atoms with E-state index in [9.17, 15) is 4.79 Å². The highest BCUT2D eigenvalue weighted by molar-refractivity contribution is 6.03. The van der Waals surface area contributed by atoms with E-state index in [1.165, 1.54) is 0 Å². The zero-order valence-electron chi connectivity index (χ0n) is 11.9. The molecule has 0 bridgehead atoms. The Bertz CT molecular complexity index is 657. The van der Waals surface area contributed by atoms with Gasteiger partial charge in [-0.05, 0) is 44.0 Å². The quantitative estimate of drug-likeness (QED) is 0.869. The molecule has 3 nitrogen and oxygen atoms in total. The highest BCUT2D eigenvalue weighted by atomic mass is 16.1. The molecule has 0 spiro atoms. The number of ketones is 1. The van der Waals surface area contributed by atoms with Gasteiger partial charge < -0.3 is 5.73 Å². The summed E-state index contributed by atoms with van der Waals surface area (Å²) >= 11 is 0. The Morgan fingerprint density at radius 1 is 1.25 bits per heavy atom. The minimum absolute atomic E-state index is 0.208. The molecule has 1 aromatic carbocycles. The van der Waals surface area contributed by atoms with Gasteiger partial charge in [0, 0.05) is 28.6 Å². The van der Waals surface area contributed by atoms with Gasteiger partial charge >= 0.3 is 0 Å². The van der Waals surface area contributed by atoms with E-state index < -0.39 is 0 Å². The number of rotatable bonds is 3. The van der Waals surface area contributed by atoms with Gasteiger partial charge in [-0.1, -0.05) is 18.9 Å². The van der Waals surface area contributed by atoms with Crippen LogP contribution in [0.2, 0.25) is 0 Å². The molecule has 0 unspecified atom stereocenters. The van der Waals surface area contributed by atoms with Crippen LogP contribution >= 0.6 is 0 Å². The Morgan fingerprint density at radius 3 is 2.70 bits per heavy atom. The van der Waals surface area contributed by atoms with Gasteiger partial charge in [-0.3, -0.25) is 9.78 Å². The van der Waals surface area contributed by atoms with E-state index in [2.05, 4.69) is 4.98 Å². The molecule has 1 heterocycles. The SMILES string of the molecule is Cc1ccc2cc(C(=O)C3(CN)CCCC3)ccc2n1. The number of fused-ring (bicyclic) bond motifs is 1. The van der Waals surface area contributed by atoms with Crippen molar-refractivity contribution in [3.63, 3.8) is 0 Å². The highest BCUT2D eigenvalue weighted by Crippen LogP contribution is 2.40. The van der Waals surface area contributed by atoms with Crippen LogP contribution in [0.15, 0.2) is 30.3 Å². The van der Waals surface area contributed by atoms with E-state index >= 15 is 0 Å². The maximum Gasteiger partial charge on any atom is 0.170 e. The normalized spacial score (nSPS) is 17.5. The van der Waals surface area contributed by atoms with Gasteiger partial charge in [0.05, 0.1) is 5.52 Å². The molecule has 1 aromatic heterocycles. The van der Waals surface area contributed by atoms with Crippen molar-refractivity contribution in [3.8, 4) is 0 Å². The summed E-state index contributed by atoms with van der Waals surface area (Å²) in [5.74, 6) is 0.208. The van der Waals surface area contributed by atoms with Crippen molar-refractivity contribution in [1.29, 1.82) is 0 Å². The first kappa shape index (κ1) is 13.3. The first-order valence-electron chi connectivity index (χ1n) is 7.27. The van der Waals surface area contributed by atoms with Crippen LogP contribution in [0.4, 0.5) is 0 Å². The molecule has 2 N–H and O–H groups in total. The predicted molar refractivity (Wildman–Crippen MR) is 80.8 cm³/mol. The maximum absolute atomic E-state index is 12.8. The van der Waals surface area contributed by atoms with Crippen molar-refractivity contribution < 1.29 is 4.79 Å². The summed E-state index contributed by atoms with van der Waals surface area (Å²) in [6, 6.07) is 9.80. The lowest BCUT2D eigenvalue weighted by Crippen LogP contribution is -2.36. The molecule has 3 rings (SSSR count). The fourth-order valence-electron chi connectivity index (χ4n) is 3.25. The first-order chi connectivity index (χ1) is 9.64. The smallest absolute Gasteiger partial charge is 0.170 e. The molecule has 1 aliphatic carbocycles. The van der Waals surface area contributed by atoms with Crippen LogP contribution in [0.1, 0.15) is 41.7 Å². The molecule has 0 aliphatic heterocycles. The van der Waals surface area contributed by atoms with Crippen LogP contribution < -0.4 is 5.73 Å². The van der Waals surface area contributed by atoms with Gasteiger partial charge in [0.15, 0.2) is 5.78 Å². The van der Waals surface area contributed by atoms with Crippen LogP contribution in [-0.2, 0) is 0 Å². The lowest BCUT2D eigenvalue weighted by atomic mass is 9.78. The van der Waals surface area contributed by atoms with Crippen molar-refractivity contribution in [2.75, 3.05) is 6.54 Å². The lowest BCUT2D eigenvalue weighted by Gasteiger charge is -2.25. The summed E-state index contributed by atoms with van der Waals surface area (Å²) in [6.45, 7) is 2.43. The molecule has 104 valence electrons. The summed E-state index contributed by atoms with van der Waals surface area (Å²) in [5, 5.41) is 1.02. The number of benzene rings is 1. The number of pyridine rings is 1. The standard InChI is InChI=1S/C17H20N2O/c1-12-4-5-13-10-14(6-7-15(13)19-12)16(20)17(11-18)8-2-3-9-17/h4-7,10H,2-3,8-9,11,18H2,1H3. The number of carbonyl (C=O) groups is 1. The molecular formula is C17H20N2O. The molecule has 2 aromatic rings. The largest absolute Gasteiger partial charge is 0.329 e. The number of aromatic nitrogens is 1. The van der Waals surface area contributed by atoms with E-state index in [4.69, 9.17) is 5.73 Å². The molecule has 20 heavy (non-hydrogen) atoms. The molecule has 1 aliphatic rings. The second kappa shape index (κ2) is 4.98. The van der Waals surface area contributed by atoms with Crippen molar-refractivity contribution in [2.24, 2.45) is 11.1 Å². The molecule has 0 amide bonds. The molecule has 3 heteroatoms. The van der Waals surface area contributed by atoms with Crippen LogP contribution in [-0.4, -0.2) is 17.3 Å². The Balaban J connectivity index is 2.01. The average molecular weight is 268 g/mol. The van der Waals surface area contributed by atoms with Crippen molar-refractivity contribution in [2.45, 2.75) is 32.6 Å². The number of hydrogen-bond donors (Lipinski definition) is 1. The number of aryl methyl sites for hydroxylation is 1. The fourth-order valence-corrected chi connectivity index (χ4v) is 3.25. The van der Waals surface area contributed by atoms with Crippen LogP contribution in [0.25, 0.3) is 10.9 Å².